The normalized spacial score (nSPS) is 13.6. The minimum absolute atomic E-state index is 0.147. The summed E-state index contributed by atoms with van der Waals surface area (Å²) in [5, 5.41) is 3.34. The second kappa shape index (κ2) is 8.50. The van der Waals surface area contributed by atoms with Crippen LogP contribution in [0.25, 0.3) is 0 Å². The molecule has 1 aliphatic heterocycles. The van der Waals surface area contributed by atoms with Gasteiger partial charge in [-0.25, -0.2) is 4.79 Å². The van der Waals surface area contributed by atoms with E-state index in [1.54, 1.807) is 6.07 Å². The largest absolute Gasteiger partial charge is 0.486 e. The lowest BCUT2D eigenvalue weighted by atomic mass is 10.1. The van der Waals surface area contributed by atoms with Crippen LogP contribution in [0.3, 0.4) is 0 Å². The molecule has 3 rings (SSSR count). The summed E-state index contributed by atoms with van der Waals surface area (Å²) in [7, 11) is 0. The maximum atomic E-state index is 12.1. The van der Waals surface area contributed by atoms with Crippen molar-refractivity contribution in [3.63, 3.8) is 0 Å². The molecule has 1 amide bonds. The Kier molecular flexibility index (Phi) is 6.08. The van der Waals surface area contributed by atoms with Crippen LogP contribution in [0.5, 0.6) is 11.5 Å². The van der Waals surface area contributed by atoms with Gasteiger partial charge in [0.15, 0.2) is 18.1 Å². The monoisotopic (exact) mass is 409 g/mol. The Hall–Kier alpha value is -2.44. The summed E-state index contributed by atoms with van der Waals surface area (Å²) >= 11 is 11.7. The van der Waals surface area contributed by atoms with E-state index in [0.717, 1.165) is 5.56 Å². The van der Waals surface area contributed by atoms with Gasteiger partial charge < -0.3 is 19.5 Å². The summed E-state index contributed by atoms with van der Waals surface area (Å²) in [6.45, 7) is 2.40. The Morgan fingerprint density at radius 1 is 1.11 bits per heavy atom. The van der Waals surface area contributed by atoms with Crippen LogP contribution in [0, 0.1) is 0 Å². The predicted octanol–water partition coefficient (Wildman–Crippen LogP) is 3.80. The molecule has 6 nitrogen and oxygen atoms in total. The van der Waals surface area contributed by atoms with Crippen molar-refractivity contribution < 1.29 is 23.8 Å². The second-order valence-corrected chi connectivity index (χ2v) is 6.74. The third-order valence-electron chi connectivity index (χ3n) is 3.93. The molecule has 1 heterocycles. The first-order valence-corrected chi connectivity index (χ1v) is 9.00. The number of benzene rings is 2. The average molecular weight is 410 g/mol. The van der Waals surface area contributed by atoms with Crippen LogP contribution in [0.1, 0.15) is 28.9 Å². The molecule has 1 atom stereocenters. The molecule has 142 valence electrons. The molecule has 0 unspecified atom stereocenters. The van der Waals surface area contributed by atoms with E-state index < -0.39 is 18.5 Å². The van der Waals surface area contributed by atoms with Crippen molar-refractivity contribution in [3.8, 4) is 11.5 Å². The number of carbonyl (C=O) groups excluding carboxylic acids is 2. The van der Waals surface area contributed by atoms with Crippen LogP contribution in [-0.4, -0.2) is 31.7 Å². The number of esters is 1. The highest BCUT2D eigenvalue weighted by molar-refractivity contribution is 6.36. The van der Waals surface area contributed by atoms with Crippen molar-refractivity contribution >= 4 is 35.1 Å². The number of ether oxygens (including phenoxy) is 3. The third-order valence-corrected chi connectivity index (χ3v) is 4.48. The van der Waals surface area contributed by atoms with Crippen LogP contribution in [0.15, 0.2) is 36.4 Å². The number of hydrogen-bond donors (Lipinski definition) is 1. The molecule has 8 heteroatoms. The van der Waals surface area contributed by atoms with E-state index in [-0.39, 0.29) is 16.6 Å². The maximum absolute atomic E-state index is 12.1. The number of nitrogens with one attached hydrogen (secondary N) is 1. The lowest BCUT2D eigenvalue weighted by Crippen LogP contribution is -2.31. The molecular formula is C19H17Cl2NO5. The van der Waals surface area contributed by atoms with E-state index >= 15 is 0 Å². The third kappa shape index (κ3) is 4.84. The van der Waals surface area contributed by atoms with Crippen molar-refractivity contribution in [3.05, 3.63) is 57.6 Å². The van der Waals surface area contributed by atoms with E-state index in [9.17, 15) is 9.59 Å². The number of hydrogen-bond acceptors (Lipinski definition) is 5. The minimum atomic E-state index is -0.696. The first kappa shape index (κ1) is 19.3. The van der Waals surface area contributed by atoms with E-state index in [4.69, 9.17) is 37.4 Å². The van der Waals surface area contributed by atoms with Crippen LogP contribution in [0.4, 0.5) is 0 Å². The quantitative estimate of drug-likeness (QED) is 0.760. The van der Waals surface area contributed by atoms with Gasteiger partial charge in [0.25, 0.3) is 5.91 Å². The highest BCUT2D eigenvalue weighted by atomic mass is 35.5. The molecule has 0 radical (unpaired) electrons. The summed E-state index contributed by atoms with van der Waals surface area (Å²) in [6, 6.07) is 9.57. The standard InChI is InChI=1S/C19H17Cl2NO5/c1-11(12-2-5-16-17(8-12)26-7-6-25-16)22-18(23)10-27-19(24)14-4-3-13(20)9-15(14)21/h2-5,8-9,11H,6-7,10H2,1H3,(H,22,23)/t11-/m0/s1. The van der Waals surface area contributed by atoms with Crippen molar-refractivity contribution in [1.82, 2.24) is 5.32 Å². The van der Waals surface area contributed by atoms with E-state index in [0.29, 0.717) is 29.7 Å². The fourth-order valence-electron chi connectivity index (χ4n) is 2.56. The lowest BCUT2D eigenvalue weighted by molar-refractivity contribution is -0.124. The Morgan fingerprint density at radius 2 is 1.85 bits per heavy atom. The molecule has 0 fully saturated rings. The van der Waals surface area contributed by atoms with Crippen molar-refractivity contribution in [1.29, 1.82) is 0 Å². The van der Waals surface area contributed by atoms with Gasteiger partial charge in [-0.15, -0.1) is 0 Å². The van der Waals surface area contributed by atoms with Gasteiger partial charge in [-0.1, -0.05) is 29.3 Å². The van der Waals surface area contributed by atoms with Gasteiger partial charge in [-0.3, -0.25) is 4.79 Å². The lowest BCUT2D eigenvalue weighted by Gasteiger charge is -2.21. The van der Waals surface area contributed by atoms with Crippen LogP contribution < -0.4 is 14.8 Å². The summed E-state index contributed by atoms with van der Waals surface area (Å²) in [4.78, 5) is 24.1. The molecule has 27 heavy (non-hydrogen) atoms. The van der Waals surface area contributed by atoms with E-state index in [1.165, 1.54) is 18.2 Å². The highest BCUT2D eigenvalue weighted by Gasteiger charge is 2.18. The number of fused-ring (bicyclic) bond motifs is 1. The predicted molar refractivity (Wildman–Crippen MR) is 101 cm³/mol. The zero-order valence-corrected chi connectivity index (χ0v) is 16.0. The molecule has 0 saturated carbocycles. The second-order valence-electron chi connectivity index (χ2n) is 5.89. The number of halogens is 2. The molecule has 0 bridgehead atoms. The first-order chi connectivity index (χ1) is 12.9. The Morgan fingerprint density at radius 3 is 2.59 bits per heavy atom. The smallest absolute Gasteiger partial charge is 0.340 e. The summed E-state index contributed by atoms with van der Waals surface area (Å²) in [5.74, 6) is 0.190. The van der Waals surface area contributed by atoms with Crippen molar-refractivity contribution in [2.45, 2.75) is 13.0 Å². The number of carbonyl (C=O) groups is 2. The maximum Gasteiger partial charge on any atom is 0.340 e. The van der Waals surface area contributed by atoms with E-state index in [2.05, 4.69) is 5.32 Å². The van der Waals surface area contributed by atoms with Gasteiger partial charge in [0, 0.05) is 5.02 Å². The Bertz CT molecular complexity index is 871. The van der Waals surface area contributed by atoms with Crippen LogP contribution in [-0.2, 0) is 9.53 Å². The van der Waals surface area contributed by atoms with Crippen LogP contribution >= 0.6 is 23.2 Å². The SMILES string of the molecule is C[C@H](NC(=O)COC(=O)c1ccc(Cl)cc1Cl)c1ccc2c(c1)OCCO2. The van der Waals surface area contributed by atoms with Gasteiger partial charge in [-0.05, 0) is 42.8 Å². The molecule has 0 spiro atoms. The fraction of sp³-hybridized carbons (Fsp3) is 0.263. The first-order valence-electron chi connectivity index (χ1n) is 8.25. The Labute approximate surface area is 166 Å². The summed E-state index contributed by atoms with van der Waals surface area (Å²) < 4.78 is 16.0. The van der Waals surface area contributed by atoms with Crippen LogP contribution in [0.2, 0.25) is 10.0 Å². The van der Waals surface area contributed by atoms with Gasteiger partial charge in [-0.2, -0.15) is 0 Å². The van der Waals surface area contributed by atoms with Gasteiger partial charge in [0.2, 0.25) is 0 Å². The molecule has 0 aliphatic carbocycles. The molecule has 2 aromatic carbocycles. The molecule has 1 N–H and O–H groups in total. The van der Waals surface area contributed by atoms with Gasteiger partial charge in [0.1, 0.15) is 13.2 Å². The molecule has 1 aliphatic rings. The van der Waals surface area contributed by atoms with E-state index in [1.807, 2.05) is 19.1 Å². The topological polar surface area (TPSA) is 73.9 Å². The Balaban J connectivity index is 1.55. The van der Waals surface area contributed by atoms with Crippen molar-refractivity contribution in [2.24, 2.45) is 0 Å². The molecule has 0 aromatic heterocycles. The molecular weight excluding hydrogens is 393 g/mol. The molecule has 2 aromatic rings. The van der Waals surface area contributed by atoms with Gasteiger partial charge >= 0.3 is 5.97 Å². The zero-order valence-electron chi connectivity index (χ0n) is 14.5. The molecule has 0 saturated heterocycles. The minimum Gasteiger partial charge on any atom is -0.486 e. The number of amides is 1. The zero-order chi connectivity index (χ0) is 19.4. The summed E-state index contributed by atoms with van der Waals surface area (Å²) in [6.07, 6.45) is 0. The van der Waals surface area contributed by atoms with Gasteiger partial charge in [0.05, 0.1) is 16.6 Å². The van der Waals surface area contributed by atoms with Crippen molar-refractivity contribution in [2.75, 3.05) is 19.8 Å². The number of rotatable bonds is 5. The summed E-state index contributed by atoms with van der Waals surface area (Å²) in [5.41, 5.74) is 0.994. The fourth-order valence-corrected chi connectivity index (χ4v) is 3.05. The highest BCUT2D eigenvalue weighted by Crippen LogP contribution is 2.32. The average Bonchev–Trinajstić information content (AvgIpc) is 2.65.